The molecule has 2 aromatic rings. The van der Waals surface area contributed by atoms with Crippen LogP contribution in [0.2, 0.25) is 0 Å². The van der Waals surface area contributed by atoms with E-state index in [1.807, 2.05) is 43.1 Å². The quantitative estimate of drug-likeness (QED) is 0.890. The summed E-state index contributed by atoms with van der Waals surface area (Å²) >= 11 is 0. The molecule has 1 atom stereocenters. The fraction of sp³-hybridized carbons (Fsp3) is 0.278. The third-order valence-corrected chi connectivity index (χ3v) is 3.46. The molecule has 0 aliphatic rings. The molecule has 0 aliphatic carbocycles. The maximum absolute atomic E-state index is 10.3. The van der Waals surface area contributed by atoms with Crippen LogP contribution in [0, 0.1) is 11.3 Å². The van der Waals surface area contributed by atoms with E-state index in [0.29, 0.717) is 18.7 Å². The Balaban J connectivity index is 2.00. The number of nitrogens with zero attached hydrogens (tertiary/aromatic N) is 2. The fourth-order valence-electron chi connectivity index (χ4n) is 2.21. The summed E-state index contributed by atoms with van der Waals surface area (Å²) in [5.41, 5.74) is 2.41. The van der Waals surface area contributed by atoms with Crippen molar-refractivity contribution in [3.63, 3.8) is 0 Å². The molecular formula is C18H20N2O2. The van der Waals surface area contributed by atoms with E-state index in [1.165, 1.54) is 0 Å². The van der Waals surface area contributed by atoms with E-state index in [0.717, 1.165) is 17.0 Å². The van der Waals surface area contributed by atoms with E-state index in [9.17, 15) is 5.11 Å². The number of anilines is 1. The lowest BCUT2D eigenvalue weighted by atomic mass is 10.1. The molecule has 0 heterocycles. The zero-order chi connectivity index (χ0) is 15.9. The van der Waals surface area contributed by atoms with Crippen LogP contribution in [0.4, 0.5) is 5.69 Å². The summed E-state index contributed by atoms with van der Waals surface area (Å²) in [4.78, 5) is 1.98. The monoisotopic (exact) mass is 296 g/mol. The van der Waals surface area contributed by atoms with Gasteiger partial charge in [-0.1, -0.05) is 12.1 Å². The molecule has 0 saturated carbocycles. The second-order valence-electron chi connectivity index (χ2n) is 5.06. The van der Waals surface area contributed by atoms with Crippen LogP contribution in [-0.4, -0.2) is 25.3 Å². The van der Waals surface area contributed by atoms with Gasteiger partial charge in [0.2, 0.25) is 0 Å². The van der Waals surface area contributed by atoms with Gasteiger partial charge in [0, 0.05) is 19.3 Å². The van der Waals surface area contributed by atoms with Crippen molar-refractivity contribution in [2.24, 2.45) is 0 Å². The normalized spacial score (nSPS) is 11.5. The van der Waals surface area contributed by atoms with E-state index < -0.39 is 6.10 Å². The third-order valence-electron chi connectivity index (χ3n) is 3.46. The third kappa shape index (κ3) is 4.00. The van der Waals surface area contributed by atoms with E-state index in [-0.39, 0.29) is 0 Å². The first kappa shape index (κ1) is 15.9. The van der Waals surface area contributed by atoms with Crippen molar-refractivity contribution in [3.8, 4) is 11.8 Å². The molecule has 0 fully saturated rings. The topological polar surface area (TPSA) is 56.5 Å². The predicted molar refractivity (Wildman–Crippen MR) is 87.0 cm³/mol. The largest absolute Gasteiger partial charge is 0.494 e. The van der Waals surface area contributed by atoms with Gasteiger partial charge in [-0.05, 0) is 48.9 Å². The van der Waals surface area contributed by atoms with Crippen molar-refractivity contribution < 1.29 is 9.84 Å². The number of likely N-dealkylation sites (N-methyl/N-ethyl adjacent to an activating group) is 1. The van der Waals surface area contributed by atoms with Gasteiger partial charge in [-0.2, -0.15) is 5.26 Å². The standard InChI is InChI=1S/C18H20N2O2/c1-3-22-17-10-8-16(9-11-17)20(2)13-18(21)15-6-4-14(12-19)5-7-15/h4-11,18,21H,3,13H2,1-2H3. The second-order valence-corrected chi connectivity index (χ2v) is 5.06. The summed E-state index contributed by atoms with van der Waals surface area (Å²) < 4.78 is 5.42. The molecule has 114 valence electrons. The number of aliphatic hydroxyl groups is 1. The first-order valence-electron chi connectivity index (χ1n) is 7.26. The summed E-state index contributed by atoms with van der Waals surface area (Å²) in [6.45, 7) is 3.07. The Hall–Kier alpha value is -2.51. The number of benzene rings is 2. The Morgan fingerprint density at radius 3 is 2.32 bits per heavy atom. The van der Waals surface area contributed by atoms with Gasteiger partial charge in [0.25, 0.3) is 0 Å². The van der Waals surface area contributed by atoms with Gasteiger partial charge >= 0.3 is 0 Å². The summed E-state index contributed by atoms with van der Waals surface area (Å²) in [5, 5.41) is 19.1. The average molecular weight is 296 g/mol. The summed E-state index contributed by atoms with van der Waals surface area (Å²) in [5.74, 6) is 0.840. The molecule has 4 nitrogen and oxygen atoms in total. The van der Waals surface area contributed by atoms with E-state index in [2.05, 4.69) is 6.07 Å². The Morgan fingerprint density at radius 2 is 1.77 bits per heavy atom. The van der Waals surface area contributed by atoms with Gasteiger partial charge in [0.15, 0.2) is 0 Å². The molecule has 1 N–H and O–H groups in total. The molecule has 0 aliphatic heterocycles. The predicted octanol–water partition coefficient (Wildman–Crippen LogP) is 3.13. The Morgan fingerprint density at radius 1 is 1.14 bits per heavy atom. The molecule has 2 aromatic carbocycles. The summed E-state index contributed by atoms with van der Waals surface area (Å²) in [6.07, 6.45) is -0.607. The highest BCUT2D eigenvalue weighted by atomic mass is 16.5. The smallest absolute Gasteiger partial charge is 0.119 e. The molecule has 0 saturated heterocycles. The highest BCUT2D eigenvalue weighted by Crippen LogP contribution is 2.21. The van der Waals surface area contributed by atoms with Crippen LogP contribution in [0.5, 0.6) is 5.75 Å². The maximum atomic E-state index is 10.3. The summed E-state index contributed by atoms with van der Waals surface area (Å²) in [6, 6.07) is 16.9. The SMILES string of the molecule is CCOc1ccc(N(C)CC(O)c2ccc(C#N)cc2)cc1. The maximum Gasteiger partial charge on any atom is 0.119 e. The molecule has 0 spiro atoms. The van der Waals surface area contributed by atoms with Crippen LogP contribution in [0.1, 0.15) is 24.2 Å². The second kappa shape index (κ2) is 7.48. The van der Waals surface area contributed by atoms with Gasteiger partial charge in [-0.3, -0.25) is 0 Å². The van der Waals surface area contributed by atoms with Crippen molar-refractivity contribution in [2.45, 2.75) is 13.0 Å². The van der Waals surface area contributed by atoms with Crippen molar-refractivity contribution in [1.82, 2.24) is 0 Å². The zero-order valence-electron chi connectivity index (χ0n) is 12.9. The minimum absolute atomic E-state index is 0.472. The Kier molecular flexibility index (Phi) is 5.40. The Bertz CT molecular complexity index is 630. The molecule has 22 heavy (non-hydrogen) atoms. The highest BCUT2D eigenvalue weighted by Gasteiger charge is 2.11. The highest BCUT2D eigenvalue weighted by molar-refractivity contribution is 5.48. The lowest BCUT2D eigenvalue weighted by Gasteiger charge is -2.23. The average Bonchev–Trinajstić information content (AvgIpc) is 2.55. The molecular weight excluding hydrogens is 276 g/mol. The molecule has 1 unspecified atom stereocenters. The van der Waals surface area contributed by atoms with Crippen LogP contribution in [-0.2, 0) is 0 Å². The molecule has 4 heteroatoms. The molecule has 2 rings (SSSR count). The number of nitriles is 1. The Labute approximate surface area is 131 Å². The first-order chi connectivity index (χ1) is 10.6. The molecule has 0 amide bonds. The zero-order valence-corrected chi connectivity index (χ0v) is 12.9. The lowest BCUT2D eigenvalue weighted by Crippen LogP contribution is -2.24. The van der Waals surface area contributed by atoms with Crippen molar-refractivity contribution >= 4 is 5.69 Å². The van der Waals surface area contributed by atoms with E-state index in [4.69, 9.17) is 10.00 Å². The number of hydrogen-bond acceptors (Lipinski definition) is 4. The van der Waals surface area contributed by atoms with Gasteiger partial charge < -0.3 is 14.7 Å². The molecule has 0 radical (unpaired) electrons. The van der Waals surface area contributed by atoms with Crippen LogP contribution in [0.3, 0.4) is 0 Å². The van der Waals surface area contributed by atoms with Gasteiger partial charge in [0.05, 0.1) is 24.3 Å². The van der Waals surface area contributed by atoms with Crippen molar-refractivity contribution in [1.29, 1.82) is 5.26 Å². The van der Waals surface area contributed by atoms with Gasteiger partial charge in [-0.15, -0.1) is 0 Å². The lowest BCUT2D eigenvalue weighted by molar-refractivity contribution is 0.185. The van der Waals surface area contributed by atoms with Crippen LogP contribution < -0.4 is 9.64 Å². The minimum Gasteiger partial charge on any atom is -0.494 e. The summed E-state index contributed by atoms with van der Waals surface area (Å²) in [7, 11) is 1.93. The minimum atomic E-state index is -0.607. The first-order valence-corrected chi connectivity index (χ1v) is 7.26. The van der Waals surface area contributed by atoms with E-state index >= 15 is 0 Å². The molecule has 0 bridgehead atoms. The number of hydrogen-bond donors (Lipinski definition) is 1. The fourth-order valence-corrected chi connectivity index (χ4v) is 2.21. The number of rotatable bonds is 6. The van der Waals surface area contributed by atoms with E-state index in [1.54, 1.807) is 24.3 Å². The van der Waals surface area contributed by atoms with Crippen molar-refractivity contribution in [2.75, 3.05) is 25.1 Å². The number of ether oxygens (including phenoxy) is 1. The van der Waals surface area contributed by atoms with Crippen molar-refractivity contribution in [3.05, 3.63) is 59.7 Å². The van der Waals surface area contributed by atoms with Crippen LogP contribution in [0.15, 0.2) is 48.5 Å². The van der Waals surface area contributed by atoms with Crippen LogP contribution in [0.25, 0.3) is 0 Å². The van der Waals surface area contributed by atoms with Gasteiger partial charge in [-0.25, -0.2) is 0 Å². The van der Waals surface area contributed by atoms with Crippen LogP contribution >= 0.6 is 0 Å². The molecule has 0 aromatic heterocycles. The van der Waals surface area contributed by atoms with Gasteiger partial charge in [0.1, 0.15) is 5.75 Å². The number of aliphatic hydroxyl groups excluding tert-OH is 1.